The highest BCUT2D eigenvalue weighted by Crippen LogP contribution is 2.27. The number of carbonyl (C=O) groups excluding carboxylic acids is 1. The zero-order valence-electron chi connectivity index (χ0n) is 14.6. The van der Waals surface area contributed by atoms with Crippen LogP contribution in [0.4, 0.5) is 0 Å². The first-order valence-corrected chi connectivity index (χ1v) is 8.24. The van der Waals surface area contributed by atoms with Gasteiger partial charge < -0.3 is 14.2 Å². The molecule has 4 nitrogen and oxygen atoms in total. The number of ether oxygens (including phenoxy) is 3. The number of hydrogen-bond donors (Lipinski definition) is 0. The summed E-state index contributed by atoms with van der Waals surface area (Å²) in [5.41, 5.74) is 1.48. The molecule has 1 atom stereocenters. The molecule has 0 N–H and O–H groups in total. The Balaban J connectivity index is 2.36. The highest BCUT2D eigenvalue weighted by Gasteiger charge is 2.20. The fourth-order valence-corrected chi connectivity index (χ4v) is 2.34. The lowest BCUT2D eigenvalue weighted by molar-refractivity contribution is -0.151. The molecule has 1 aromatic carbocycles. The van der Waals surface area contributed by atoms with Crippen molar-refractivity contribution in [2.75, 3.05) is 20.8 Å². The maximum Gasteiger partial charge on any atom is 0.333 e. The summed E-state index contributed by atoms with van der Waals surface area (Å²) in [5, 5.41) is 0. The minimum absolute atomic E-state index is 0.112. The molecule has 0 aromatic heterocycles. The van der Waals surface area contributed by atoms with Crippen molar-refractivity contribution < 1.29 is 19.0 Å². The van der Waals surface area contributed by atoms with Crippen LogP contribution in [0.15, 0.2) is 35.9 Å². The summed E-state index contributed by atoms with van der Waals surface area (Å²) in [7, 11) is 3.06. The lowest BCUT2D eigenvalue weighted by atomic mass is 10.00. The second-order valence-electron chi connectivity index (χ2n) is 5.51. The normalized spacial score (nSPS) is 16.8. The fraction of sp³-hybridized carbons (Fsp3) is 0.381. The van der Waals surface area contributed by atoms with Crippen LogP contribution >= 0.6 is 0 Å². The molecule has 25 heavy (non-hydrogen) atoms. The Labute approximate surface area is 149 Å². The Kier molecular flexibility index (Phi) is 7.63. The first kappa shape index (κ1) is 18.6. The number of rotatable bonds is 6. The lowest BCUT2D eigenvalue weighted by Crippen LogP contribution is -2.17. The van der Waals surface area contributed by atoms with Crippen molar-refractivity contribution in [3.63, 3.8) is 0 Å². The molecule has 0 saturated carbocycles. The Morgan fingerprint density at radius 1 is 1.12 bits per heavy atom. The molecule has 0 fully saturated rings. The molecule has 2 rings (SSSR count). The molecular formula is C21H22O4. The van der Waals surface area contributed by atoms with Gasteiger partial charge in [-0.2, -0.15) is 0 Å². The largest absolute Gasteiger partial charge is 0.497 e. The number of esters is 1. The first-order valence-electron chi connectivity index (χ1n) is 8.24. The van der Waals surface area contributed by atoms with Gasteiger partial charge in [-0.25, -0.2) is 4.79 Å². The van der Waals surface area contributed by atoms with E-state index in [-0.39, 0.29) is 6.61 Å². The standard InChI is InChI=1S/C21H22O4/c1-23-16-20(22)25-21(18-12-14-19(24-2)15-13-18)17-10-8-6-4-3-5-7-9-11-17/h11-15,21H,3-6,16H2,1-2H3/b17-11+. The van der Waals surface area contributed by atoms with Crippen molar-refractivity contribution >= 4 is 5.97 Å². The molecule has 1 aliphatic rings. The Bertz CT molecular complexity index is 723. The Hall–Kier alpha value is -2.69. The molecule has 0 radical (unpaired) electrons. The summed E-state index contributed by atoms with van der Waals surface area (Å²) in [6.07, 6.45) is 4.85. The van der Waals surface area contributed by atoms with E-state index in [1.54, 1.807) is 13.2 Å². The topological polar surface area (TPSA) is 44.8 Å². The molecule has 0 saturated heterocycles. The van der Waals surface area contributed by atoms with Gasteiger partial charge in [0.05, 0.1) is 12.7 Å². The summed E-state index contributed by atoms with van der Waals surface area (Å²) < 4.78 is 15.7. The molecule has 1 aromatic rings. The third-order valence-corrected chi connectivity index (χ3v) is 3.63. The molecule has 0 spiro atoms. The van der Waals surface area contributed by atoms with Crippen LogP contribution in [0, 0.1) is 23.7 Å². The maximum atomic E-state index is 12.0. The summed E-state index contributed by atoms with van der Waals surface area (Å²) in [5.74, 6) is 12.7. The van der Waals surface area contributed by atoms with Crippen LogP contribution < -0.4 is 4.74 Å². The highest BCUT2D eigenvalue weighted by molar-refractivity contribution is 5.71. The van der Waals surface area contributed by atoms with Gasteiger partial charge in [0.15, 0.2) is 6.10 Å². The summed E-state index contributed by atoms with van der Waals surface area (Å²) in [6, 6.07) is 7.37. The Morgan fingerprint density at radius 2 is 1.84 bits per heavy atom. The quantitative estimate of drug-likeness (QED) is 0.589. The van der Waals surface area contributed by atoms with Crippen LogP contribution in [0.1, 0.15) is 37.4 Å². The predicted molar refractivity (Wildman–Crippen MR) is 95.8 cm³/mol. The van der Waals surface area contributed by atoms with Gasteiger partial charge in [-0.1, -0.05) is 35.8 Å². The molecule has 1 aliphatic carbocycles. The smallest absolute Gasteiger partial charge is 0.333 e. The van der Waals surface area contributed by atoms with Gasteiger partial charge in [-0.3, -0.25) is 0 Å². The van der Waals surface area contributed by atoms with Crippen molar-refractivity contribution in [2.24, 2.45) is 0 Å². The monoisotopic (exact) mass is 338 g/mol. The van der Waals surface area contributed by atoms with E-state index < -0.39 is 12.1 Å². The Morgan fingerprint density at radius 3 is 2.52 bits per heavy atom. The maximum absolute atomic E-state index is 12.0. The third-order valence-electron chi connectivity index (χ3n) is 3.63. The van der Waals surface area contributed by atoms with Crippen LogP contribution in [-0.2, 0) is 14.3 Å². The molecule has 0 amide bonds. The van der Waals surface area contributed by atoms with Crippen molar-refractivity contribution in [3.8, 4) is 29.4 Å². The van der Waals surface area contributed by atoms with Crippen molar-refractivity contribution in [2.45, 2.75) is 31.8 Å². The van der Waals surface area contributed by atoms with Crippen molar-refractivity contribution in [1.82, 2.24) is 0 Å². The van der Waals surface area contributed by atoms with Gasteiger partial charge >= 0.3 is 5.97 Å². The van der Waals surface area contributed by atoms with E-state index in [2.05, 4.69) is 23.7 Å². The molecular weight excluding hydrogens is 316 g/mol. The molecule has 0 aliphatic heterocycles. The predicted octanol–water partition coefficient (Wildman–Crippen LogP) is 3.43. The van der Waals surface area contributed by atoms with Crippen LogP contribution in [0.2, 0.25) is 0 Å². The van der Waals surface area contributed by atoms with E-state index in [1.807, 2.05) is 24.3 Å². The lowest BCUT2D eigenvalue weighted by Gasteiger charge is -2.18. The van der Waals surface area contributed by atoms with E-state index in [9.17, 15) is 4.79 Å². The second kappa shape index (κ2) is 10.2. The van der Waals surface area contributed by atoms with Gasteiger partial charge in [0.1, 0.15) is 12.4 Å². The zero-order valence-corrected chi connectivity index (χ0v) is 14.6. The van der Waals surface area contributed by atoms with E-state index in [1.165, 1.54) is 7.11 Å². The highest BCUT2D eigenvalue weighted by atomic mass is 16.6. The van der Waals surface area contributed by atoms with Gasteiger partial charge in [0.25, 0.3) is 0 Å². The van der Waals surface area contributed by atoms with Gasteiger partial charge in [0.2, 0.25) is 0 Å². The zero-order chi connectivity index (χ0) is 17.9. The number of methoxy groups -OCH3 is 2. The van der Waals surface area contributed by atoms with E-state index >= 15 is 0 Å². The van der Waals surface area contributed by atoms with Gasteiger partial charge in [-0.05, 0) is 30.5 Å². The first-order chi connectivity index (χ1) is 12.2. The SMILES string of the molecule is COCC(=O)OC(/C1=C/C#CCCCCC#C1)c1ccc(OC)cc1. The van der Waals surface area contributed by atoms with E-state index in [4.69, 9.17) is 14.2 Å². The van der Waals surface area contributed by atoms with E-state index in [0.717, 1.165) is 37.0 Å². The van der Waals surface area contributed by atoms with Crippen LogP contribution in [0.3, 0.4) is 0 Å². The third kappa shape index (κ3) is 6.03. The number of benzene rings is 1. The summed E-state index contributed by atoms with van der Waals surface area (Å²) >= 11 is 0. The summed E-state index contributed by atoms with van der Waals surface area (Å²) in [4.78, 5) is 12.0. The molecule has 0 bridgehead atoms. The summed E-state index contributed by atoms with van der Waals surface area (Å²) in [6.45, 7) is -0.112. The molecule has 130 valence electrons. The minimum atomic E-state index is -0.616. The van der Waals surface area contributed by atoms with Crippen LogP contribution in [0.5, 0.6) is 5.75 Å². The second-order valence-corrected chi connectivity index (χ2v) is 5.51. The van der Waals surface area contributed by atoms with E-state index in [0.29, 0.717) is 5.57 Å². The molecule has 1 unspecified atom stereocenters. The van der Waals surface area contributed by atoms with Gasteiger partial charge in [-0.15, -0.1) is 0 Å². The van der Waals surface area contributed by atoms with Crippen molar-refractivity contribution in [3.05, 3.63) is 41.5 Å². The van der Waals surface area contributed by atoms with Gasteiger partial charge in [0, 0.05) is 26.0 Å². The number of allylic oxidation sites excluding steroid dienone is 1. The number of carbonyl (C=O) groups is 1. The van der Waals surface area contributed by atoms with Crippen LogP contribution in [0.25, 0.3) is 0 Å². The fourth-order valence-electron chi connectivity index (χ4n) is 2.34. The average molecular weight is 338 g/mol. The minimum Gasteiger partial charge on any atom is -0.497 e. The van der Waals surface area contributed by atoms with Crippen LogP contribution in [-0.4, -0.2) is 26.8 Å². The average Bonchev–Trinajstić information content (AvgIpc) is 2.64. The van der Waals surface area contributed by atoms with Crippen molar-refractivity contribution in [1.29, 1.82) is 0 Å². The molecule has 4 heteroatoms. The number of hydrogen-bond acceptors (Lipinski definition) is 4. The molecule has 0 heterocycles.